The number of hydrogen-bond donors (Lipinski definition) is 2. The first-order chi connectivity index (χ1) is 9.48. The number of carboxylic acids is 1. The SMILES string of the molecule is COC1Cc2ccccc2N(C(=O)O)C1(OC)C(=O)O. The Morgan fingerprint density at radius 1 is 1.30 bits per heavy atom. The van der Waals surface area contributed by atoms with E-state index < -0.39 is 23.9 Å². The van der Waals surface area contributed by atoms with E-state index in [2.05, 4.69) is 0 Å². The molecule has 0 saturated heterocycles. The van der Waals surface area contributed by atoms with Crippen molar-refractivity contribution in [3.63, 3.8) is 0 Å². The van der Waals surface area contributed by atoms with Gasteiger partial charge in [0.1, 0.15) is 6.10 Å². The molecule has 1 aliphatic heterocycles. The standard InChI is InChI=1S/C13H15NO6/c1-19-10-7-8-5-3-4-6-9(8)14(12(17)18)13(10,20-2)11(15)16/h3-6,10H,7H2,1-2H3,(H,15,16)(H,17,18). The van der Waals surface area contributed by atoms with Gasteiger partial charge in [-0.3, -0.25) is 0 Å². The van der Waals surface area contributed by atoms with E-state index in [-0.39, 0.29) is 12.1 Å². The van der Waals surface area contributed by atoms with E-state index >= 15 is 0 Å². The molecule has 2 rings (SSSR count). The molecular weight excluding hydrogens is 266 g/mol. The molecule has 1 amide bonds. The highest BCUT2D eigenvalue weighted by Crippen LogP contribution is 2.39. The summed E-state index contributed by atoms with van der Waals surface area (Å²) in [5.41, 5.74) is -1.12. The Labute approximate surface area is 115 Å². The van der Waals surface area contributed by atoms with Crippen molar-refractivity contribution in [2.45, 2.75) is 18.2 Å². The van der Waals surface area contributed by atoms with Gasteiger partial charge in [0.2, 0.25) is 0 Å². The van der Waals surface area contributed by atoms with Crippen LogP contribution in [0.15, 0.2) is 24.3 Å². The normalized spacial score (nSPS) is 25.1. The second-order valence-corrected chi connectivity index (χ2v) is 4.38. The monoisotopic (exact) mass is 281 g/mol. The Hall–Kier alpha value is -2.12. The summed E-state index contributed by atoms with van der Waals surface area (Å²) in [5, 5.41) is 19.0. The van der Waals surface area contributed by atoms with Gasteiger partial charge in [0, 0.05) is 20.6 Å². The fourth-order valence-corrected chi connectivity index (χ4v) is 2.59. The number of carboxylic acid groups (broad SMARTS) is 2. The number of amides is 1. The van der Waals surface area contributed by atoms with E-state index in [1.807, 2.05) is 0 Å². The van der Waals surface area contributed by atoms with Crippen LogP contribution in [0.2, 0.25) is 0 Å². The maximum absolute atomic E-state index is 11.7. The molecular formula is C13H15NO6. The summed E-state index contributed by atoms with van der Waals surface area (Å²) in [7, 11) is 2.49. The summed E-state index contributed by atoms with van der Waals surface area (Å²) in [6, 6.07) is 6.68. The number of carbonyl (C=O) groups is 2. The van der Waals surface area contributed by atoms with Crippen molar-refractivity contribution < 1.29 is 29.3 Å². The Morgan fingerprint density at radius 2 is 1.95 bits per heavy atom. The van der Waals surface area contributed by atoms with E-state index in [0.29, 0.717) is 10.5 Å². The van der Waals surface area contributed by atoms with E-state index in [1.165, 1.54) is 7.11 Å². The van der Waals surface area contributed by atoms with Crippen molar-refractivity contribution in [1.29, 1.82) is 0 Å². The number of para-hydroxylation sites is 1. The van der Waals surface area contributed by atoms with Gasteiger partial charge in [-0.25, -0.2) is 14.5 Å². The Bertz CT molecular complexity index is 545. The van der Waals surface area contributed by atoms with Crippen LogP contribution in [-0.4, -0.2) is 48.3 Å². The number of hydrogen-bond acceptors (Lipinski definition) is 4. The predicted octanol–water partition coefficient (Wildman–Crippen LogP) is 1.17. The summed E-state index contributed by atoms with van der Waals surface area (Å²) in [6.07, 6.45) is -2.12. The van der Waals surface area contributed by atoms with Gasteiger partial charge in [-0.2, -0.15) is 0 Å². The Morgan fingerprint density at radius 3 is 2.45 bits per heavy atom. The van der Waals surface area contributed by atoms with Crippen LogP contribution < -0.4 is 4.90 Å². The molecule has 7 nitrogen and oxygen atoms in total. The highest BCUT2D eigenvalue weighted by atomic mass is 16.6. The number of nitrogens with zero attached hydrogens (tertiary/aromatic N) is 1. The highest BCUT2D eigenvalue weighted by molar-refractivity contribution is 5.98. The van der Waals surface area contributed by atoms with E-state index in [9.17, 15) is 19.8 Å². The molecule has 0 spiro atoms. The number of rotatable bonds is 3. The largest absolute Gasteiger partial charge is 0.478 e. The van der Waals surface area contributed by atoms with Crippen LogP contribution in [0, 0.1) is 0 Å². The zero-order valence-electron chi connectivity index (χ0n) is 11.1. The molecule has 1 heterocycles. The molecule has 0 bridgehead atoms. The Kier molecular flexibility index (Phi) is 3.65. The maximum Gasteiger partial charge on any atom is 0.414 e. The van der Waals surface area contributed by atoms with Crippen molar-refractivity contribution in [2.24, 2.45) is 0 Å². The first kappa shape index (κ1) is 14.3. The summed E-state index contributed by atoms with van der Waals surface area (Å²) in [6.45, 7) is 0. The summed E-state index contributed by atoms with van der Waals surface area (Å²) < 4.78 is 10.3. The van der Waals surface area contributed by atoms with Gasteiger partial charge < -0.3 is 19.7 Å². The van der Waals surface area contributed by atoms with Gasteiger partial charge in [-0.05, 0) is 11.6 Å². The molecule has 0 aliphatic carbocycles. The average molecular weight is 281 g/mol. The number of ether oxygens (including phenoxy) is 2. The highest BCUT2D eigenvalue weighted by Gasteiger charge is 2.58. The third kappa shape index (κ3) is 1.83. The smallest absolute Gasteiger partial charge is 0.414 e. The minimum atomic E-state index is -2.10. The minimum absolute atomic E-state index is 0.247. The van der Waals surface area contributed by atoms with Crippen LogP contribution in [0.3, 0.4) is 0 Å². The fraction of sp³-hybridized carbons (Fsp3) is 0.385. The van der Waals surface area contributed by atoms with Crippen LogP contribution in [0.5, 0.6) is 0 Å². The molecule has 0 radical (unpaired) electrons. The quantitative estimate of drug-likeness (QED) is 0.863. The van der Waals surface area contributed by atoms with Crippen LogP contribution >= 0.6 is 0 Å². The maximum atomic E-state index is 11.7. The zero-order valence-corrected chi connectivity index (χ0v) is 11.1. The van der Waals surface area contributed by atoms with Crippen LogP contribution in [0.4, 0.5) is 10.5 Å². The summed E-state index contributed by atoms with van der Waals surface area (Å²) >= 11 is 0. The lowest BCUT2D eigenvalue weighted by molar-refractivity contribution is -0.181. The zero-order chi connectivity index (χ0) is 14.9. The molecule has 2 atom stereocenters. The molecule has 108 valence electrons. The molecule has 0 aromatic heterocycles. The van der Waals surface area contributed by atoms with Crippen molar-refractivity contribution in [3.8, 4) is 0 Å². The molecule has 7 heteroatoms. The number of anilines is 1. The lowest BCUT2D eigenvalue weighted by Gasteiger charge is -2.45. The van der Waals surface area contributed by atoms with Gasteiger partial charge in [-0.15, -0.1) is 0 Å². The van der Waals surface area contributed by atoms with Gasteiger partial charge >= 0.3 is 12.1 Å². The number of aliphatic carboxylic acids is 1. The average Bonchev–Trinajstić information content (AvgIpc) is 2.44. The van der Waals surface area contributed by atoms with Crippen LogP contribution in [0.25, 0.3) is 0 Å². The molecule has 2 N–H and O–H groups in total. The Balaban J connectivity index is 2.70. The lowest BCUT2D eigenvalue weighted by Crippen LogP contribution is -2.68. The molecule has 1 aliphatic rings. The van der Waals surface area contributed by atoms with Crippen molar-refractivity contribution in [3.05, 3.63) is 29.8 Å². The van der Waals surface area contributed by atoms with Crippen molar-refractivity contribution in [1.82, 2.24) is 0 Å². The van der Waals surface area contributed by atoms with E-state index in [1.54, 1.807) is 24.3 Å². The third-order valence-electron chi connectivity index (χ3n) is 3.50. The molecule has 1 aromatic rings. The van der Waals surface area contributed by atoms with Crippen molar-refractivity contribution in [2.75, 3.05) is 19.1 Å². The van der Waals surface area contributed by atoms with Gasteiger partial charge in [0.05, 0.1) is 5.69 Å². The summed E-state index contributed by atoms with van der Waals surface area (Å²) in [4.78, 5) is 24.0. The van der Waals surface area contributed by atoms with Gasteiger partial charge in [-0.1, -0.05) is 18.2 Å². The second kappa shape index (κ2) is 5.10. The second-order valence-electron chi connectivity index (χ2n) is 4.38. The number of benzene rings is 1. The van der Waals surface area contributed by atoms with Gasteiger partial charge in [0.15, 0.2) is 0 Å². The number of methoxy groups -OCH3 is 2. The first-order valence-corrected chi connectivity index (χ1v) is 5.91. The molecule has 1 aromatic carbocycles. The predicted molar refractivity (Wildman–Crippen MR) is 68.8 cm³/mol. The molecule has 2 unspecified atom stereocenters. The molecule has 20 heavy (non-hydrogen) atoms. The van der Waals surface area contributed by atoms with Crippen LogP contribution in [0.1, 0.15) is 5.56 Å². The first-order valence-electron chi connectivity index (χ1n) is 5.91. The van der Waals surface area contributed by atoms with Crippen molar-refractivity contribution >= 4 is 17.7 Å². The number of fused-ring (bicyclic) bond motifs is 1. The topological polar surface area (TPSA) is 96.3 Å². The third-order valence-corrected chi connectivity index (χ3v) is 3.50. The minimum Gasteiger partial charge on any atom is -0.478 e. The van der Waals surface area contributed by atoms with E-state index in [0.717, 1.165) is 7.11 Å². The molecule has 0 fully saturated rings. The van der Waals surface area contributed by atoms with Gasteiger partial charge in [0.25, 0.3) is 5.72 Å². The lowest BCUT2D eigenvalue weighted by atomic mass is 9.90. The fourth-order valence-electron chi connectivity index (χ4n) is 2.59. The summed E-state index contributed by atoms with van der Waals surface area (Å²) in [5.74, 6) is -1.41. The van der Waals surface area contributed by atoms with E-state index in [4.69, 9.17) is 9.47 Å². The molecule has 0 saturated carbocycles. The van der Waals surface area contributed by atoms with Crippen LogP contribution in [-0.2, 0) is 20.7 Å².